The van der Waals surface area contributed by atoms with Gasteiger partial charge in [0.25, 0.3) is 0 Å². The number of carbonyl (C=O) groups is 2. The van der Waals surface area contributed by atoms with E-state index >= 15 is 0 Å². The number of carbonyl (C=O) groups excluding carboxylic acids is 2. The van der Waals surface area contributed by atoms with E-state index in [0.717, 1.165) is 0 Å². The van der Waals surface area contributed by atoms with Crippen LogP contribution in [0.15, 0.2) is 0 Å². The first kappa shape index (κ1) is 17.5. The first-order valence-corrected chi connectivity index (χ1v) is 6.62. The number of hydrogen-bond donors (Lipinski definition) is 0. The Labute approximate surface area is 115 Å². The lowest BCUT2D eigenvalue weighted by molar-refractivity contribution is -0.154. The fourth-order valence-corrected chi connectivity index (χ4v) is 1.36. The molecule has 0 saturated heterocycles. The summed E-state index contributed by atoms with van der Waals surface area (Å²) >= 11 is 0. The van der Waals surface area contributed by atoms with E-state index < -0.39 is 17.9 Å². The smallest absolute Gasteiger partial charge is 0.310 e. The molecule has 0 spiro atoms. The van der Waals surface area contributed by atoms with Crippen LogP contribution in [0.4, 0.5) is 0 Å². The van der Waals surface area contributed by atoms with Crippen LogP contribution in [0.25, 0.3) is 0 Å². The SMILES string of the molecule is CCOC(=O)CC(CC#CC(C)(C)C)C(=O)OCC. The molecule has 0 amide bonds. The molecule has 0 aromatic carbocycles. The average Bonchev–Trinajstić information content (AvgIpc) is 2.26. The van der Waals surface area contributed by atoms with Gasteiger partial charge in [-0.15, -0.1) is 5.92 Å². The Kier molecular flexibility index (Phi) is 7.90. The second-order valence-electron chi connectivity index (χ2n) is 5.21. The minimum atomic E-state index is -0.547. The highest BCUT2D eigenvalue weighted by atomic mass is 16.5. The van der Waals surface area contributed by atoms with Gasteiger partial charge in [0, 0.05) is 11.8 Å². The first-order chi connectivity index (χ1) is 8.80. The molecule has 4 heteroatoms. The van der Waals surface area contributed by atoms with Gasteiger partial charge in [0.05, 0.1) is 25.6 Å². The second-order valence-corrected chi connectivity index (χ2v) is 5.21. The third-order valence-corrected chi connectivity index (χ3v) is 2.15. The van der Waals surface area contributed by atoms with E-state index in [0.29, 0.717) is 19.6 Å². The van der Waals surface area contributed by atoms with Crippen LogP contribution in [-0.2, 0) is 19.1 Å². The molecule has 0 fully saturated rings. The van der Waals surface area contributed by atoms with Crippen LogP contribution in [0, 0.1) is 23.2 Å². The lowest BCUT2D eigenvalue weighted by Crippen LogP contribution is -2.22. The summed E-state index contributed by atoms with van der Waals surface area (Å²) in [6.07, 6.45) is 0.334. The van der Waals surface area contributed by atoms with E-state index in [1.54, 1.807) is 13.8 Å². The van der Waals surface area contributed by atoms with Crippen molar-refractivity contribution in [2.45, 2.75) is 47.5 Å². The number of esters is 2. The normalized spacial score (nSPS) is 12.1. The topological polar surface area (TPSA) is 52.6 Å². The van der Waals surface area contributed by atoms with Gasteiger partial charge in [-0.1, -0.05) is 5.92 Å². The lowest BCUT2D eigenvalue weighted by Gasteiger charge is -2.12. The van der Waals surface area contributed by atoms with Gasteiger partial charge in [0.2, 0.25) is 0 Å². The van der Waals surface area contributed by atoms with Crippen molar-refractivity contribution >= 4 is 11.9 Å². The van der Waals surface area contributed by atoms with Gasteiger partial charge in [-0.2, -0.15) is 0 Å². The molecule has 0 aliphatic carbocycles. The highest BCUT2D eigenvalue weighted by Gasteiger charge is 2.23. The summed E-state index contributed by atoms with van der Waals surface area (Å²) in [6, 6.07) is 0. The van der Waals surface area contributed by atoms with Gasteiger partial charge >= 0.3 is 11.9 Å². The van der Waals surface area contributed by atoms with Gasteiger partial charge in [-0.05, 0) is 34.6 Å². The van der Waals surface area contributed by atoms with E-state index in [9.17, 15) is 9.59 Å². The highest BCUT2D eigenvalue weighted by Crippen LogP contribution is 2.14. The number of hydrogen-bond acceptors (Lipinski definition) is 4. The monoisotopic (exact) mass is 268 g/mol. The van der Waals surface area contributed by atoms with E-state index in [-0.39, 0.29) is 11.8 Å². The maximum absolute atomic E-state index is 11.7. The molecule has 0 heterocycles. The van der Waals surface area contributed by atoms with Gasteiger partial charge in [-0.25, -0.2) is 0 Å². The summed E-state index contributed by atoms with van der Waals surface area (Å²) in [5.41, 5.74) is -0.122. The van der Waals surface area contributed by atoms with Crippen LogP contribution in [-0.4, -0.2) is 25.2 Å². The third-order valence-electron chi connectivity index (χ3n) is 2.15. The summed E-state index contributed by atoms with van der Waals surface area (Å²) in [5.74, 6) is 4.67. The molecular formula is C15H24O4. The van der Waals surface area contributed by atoms with Crippen LogP contribution in [0.3, 0.4) is 0 Å². The summed E-state index contributed by atoms with van der Waals surface area (Å²) in [7, 11) is 0. The molecule has 0 aromatic rings. The van der Waals surface area contributed by atoms with Crippen molar-refractivity contribution in [3.63, 3.8) is 0 Å². The molecule has 0 aliphatic rings. The molecule has 0 aliphatic heterocycles. The van der Waals surface area contributed by atoms with Crippen LogP contribution >= 0.6 is 0 Å². The van der Waals surface area contributed by atoms with Crippen LogP contribution in [0.1, 0.15) is 47.5 Å². The van der Waals surface area contributed by atoms with E-state index in [1.165, 1.54) is 0 Å². The standard InChI is InChI=1S/C15H24O4/c1-6-18-13(16)11-12(14(17)19-7-2)9-8-10-15(3,4)5/h12H,6-7,9,11H2,1-5H3. The minimum Gasteiger partial charge on any atom is -0.466 e. The summed E-state index contributed by atoms with van der Waals surface area (Å²) in [6.45, 7) is 10.0. The Bertz CT molecular complexity index is 355. The van der Waals surface area contributed by atoms with Crippen molar-refractivity contribution in [3.05, 3.63) is 0 Å². The summed E-state index contributed by atoms with van der Waals surface area (Å²) in [4.78, 5) is 23.2. The maximum atomic E-state index is 11.7. The molecule has 1 unspecified atom stereocenters. The fourth-order valence-electron chi connectivity index (χ4n) is 1.36. The van der Waals surface area contributed by atoms with E-state index in [2.05, 4.69) is 11.8 Å². The molecule has 1 atom stereocenters. The summed E-state index contributed by atoms with van der Waals surface area (Å²) < 4.78 is 9.80. The average molecular weight is 268 g/mol. The zero-order chi connectivity index (χ0) is 14.9. The van der Waals surface area contributed by atoms with Gasteiger partial charge in [0.1, 0.15) is 0 Å². The van der Waals surface area contributed by atoms with Crippen LogP contribution in [0.2, 0.25) is 0 Å². The Morgan fingerprint density at radius 2 is 1.68 bits per heavy atom. The highest BCUT2D eigenvalue weighted by molar-refractivity contribution is 5.80. The Hall–Kier alpha value is -1.50. The Balaban J connectivity index is 4.62. The molecule has 0 aromatic heterocycles. The first-order valence-electron chi connectivity index (χ1n) is 6.62. The molecule has 108 valence electrons. The predicted octanol–water partition coefficient (Wildman–Crippen LogP) is 2.56. The van der Waals surface area contributed by atoms with Crippen LogP contribution < -0.4 is 0 Å². The molecule has 0 N–H and O–H groups in total. The molecule has 0 rings (SSSR count). The van der Waals surface area contributed by atoms with Crippen molar-refractivity contribution in [1.82, 2.24) is 0 Å². The maximum Gasteiger partial charge on any atom is 0.310 e. The van der Waals surface area contributed by atoms with Crippen molar-refractivity contribution in [2.24, 2.45) is 11.3 Å². The molecule has 0 radical (unpaired) electrons. The molecule has 4 nitrogen and oxygen atoms in total. The zero-order valence-corrected chi connectivity index (χ0v) is 12.5. The second kappa shape index (κ2) is 8.58. The van der Waals surface area contributed by atoms with Crippen LogP contribution in [0.5, 0.6) is 0 Å². The molecule has 19 heavy (non-hydrogen) atoms. The van der Waals surface area contributed by atoms with Gasteiger partial charge in [-0.3, -0.25) is 9.59 Å². The quantitative estimate of drug-likeness (QED) is 0.549. The molecule has 0 saturated carbocycles. The third kappa shape index (κ3) is 9.12. The van der Waals surface area contributed by atoms with E-state index in [1.807, 2.05) is 20.8 Å². The minimum absolute atomic E-state index is 0.0193. The van der Waals surface area contributed by atoms with Crippen molar-refractivity contribution in [3.8, 4) is 11.8 Å². The zero-order valence-electron chi connectivity index (χ0n) is 12.5. The summed E-state index contributed by atoms with van der Waals surface area (Å²) in [5, 5.41) is 0. The Morgan fingerprint density at radius 3 is 2.16 bits per heavy atom. The van der Waals surface area contributed by atoms with Crippen molar-refractivity contribution in [2.75, 3.05) is 13.2 Å². The van der Waals surface area contributed by atoms with Gasteiger partial charge < -0.3 is 9.47 Å². The van der Waals surface area contributed by atoms with Crippen molar-refractivity contribution < 1.29 is 19.1 Å². The number of rotatable bonds is 6. The number of ether oxygens (including phenoxy) is 2. The largest absolute Gasteiger partial charge is 0.466 e. The Morgan fingerprint density at radius 1 is 1.11 bits per heavy atom. The van der Waals surface area contributed by atoms with Crippen molar-refractivity contribution in [1.29, 1.82) is 0 Å². The predicted molar refractivity (Wildman–Crippen MR) is 73.2 cm³/mol. The lowest BCUT2D eigenvalue weighted by atomic mass is 9.96. The van der Waals surface area contributed by atoms with E-state index in [4.69, 9.17) is 9.47 Å². The molecular weight excluding hydrogens is 244 g/mol. The molecule has 0 bridgehead atoms. The van der Waals surface area contributed by atoms with Gasteiger partial charge in [0.15, 0.2) is 0 Å². The fraction of sp³-hybridized carbons (Fsp3) is 0.733.